The maximum Gasteiger partial charge on any atom is 0.237 e. The Morgan fingerprint density at radius 2 is 2.18 bits per heavy atom. The highest BCUT2D eigenvalue weighted by atomic mass is 16.2. The monoisotopic (exact) mass is 380 g/mol. The molecule has 28 heavy (non-hydrogen) atoms. The highest BCUT2D eigenvalue weighted by molar-refractivity contribution is 5.86. The van der Waals surface area contributed by atoms with E-state index in [0.29, 0.717) is 35.3 Å². The quantitative estimate of drug-likeness (QED) is 0.740. The van der Waals surface area contributed by atoms with Crippen LogP contribution in [0.1, 0.15) is 38.7 Å². The van der Waals surface area contributed by atoms with E-state index in [-0.39, 0.29) is 11.9 Å². The van der Waals surface area contributed by atoms with E-state index in [1.807, 2.05) is 6.07 Å². The summed E-state index contributed by atoms with van der Waals surface area (Å²) in [6, 6.07) is 5.44. The predicted octanol–water partition coefficient (Wildman–Crippen LogP) is 2.68. The van der Waals surface area contributed by atoms with Gasteiger partial charge in [-0.05, 0) is 56.9 Å². The van der Waals surface area contributed by atoms with E-state index in [2.05, 4.69) is 39.9 Å². The van der Waals surface area contributed by atoms with Gasteiger partial charge >= 0.3 is 0 Å². The van der Waals surface area contributed by atoms with Crippen molar-refractivity contribution in [2.45, 2.75) is 45.2 Å². The Labute approximate surface area is 166 Å². The van der Waals surface area contributed by atoms with Crippen LogP contribution in [0.5, 0.6) is 0 Å². The topological polar surface area (TPSA) is 107 Å². The summed E-state index contributed by atoms with van der Waals surface area (Å²) in [4.78, 5) is 23.2. The van der Waals surface area contributed by atoms with Crippen LogP contribution in [0, 0.1) is 23.2 Å². The molecule has 1 unspecified atom stereocenters. The lowest BCUT2D eigenvalue weighted by atomic mass is 9.94. The average Bonchev–Trinajstić information content (AvgIpc) is 3.52. The summed E-state index contributed by atoms with van der Waals surface area (Å²) < 4.78 is 0. The number of amides is 1. The van der Waals surface area contributed by atoms with E-state index in [4.69, 9.17) is 5.73 Å². The van der Waals surface area contributed by atoms with Crippen LogP contribution in [0.2, 0.25) is 0 Å². The summed E-state index contributed by atoms with van der Waals surface area (Å²) in [6.45, 7) is 9.17. The number of nitrogens with one attached hydrogen (secondary N) is 1. The van der Waals surface area contributed by atoms with Gasteiger partial charge in [0.2, 0.25) is 5.91 Å². The molecule has 3 rings (SSSR count). The molecule has 3 N–H and O–H groups in total. The summed E-state index contributed by atoms with van der Waals surface area (Å²) in [6.07, 6.45) is 4.65. The lowest BCUT2D eigenvalue weighted by molar-refractivity contribution is -0.123. The summed E-state index contributed by atoms with van der Waals surface area (Å²) in [5, 5.41) is 12.5. The van der Waals surface area contributed by atoms with Crippen LogP contribution in [-0.4, -0.2) is 44.0 Å². The number of anilines is 1. The highest BCUT2D eigenvalue weighted by Gasteiger charge is 2.35. The van der Waals surface area contributed by atoms with Crippen molar-refractivity contribution < 1.29 is 4.79 Å². The molecule has 148 valence electrons. The molecule has 0 radical (unpaired) electrons. The van der Waals surface area contributed by atoms with E-state index in [1.54, 1.807) is 19.2 Å². The number of aliphatic imine (C=N–C) groups is 2. The molecule has 3 atom stereocenters. The molecule has 1 aliphatic heterocycles. The third-order valence-corrected chi connectivity index (χ3v) is 5.45. The Bertz CT molecular complexity index is 823. The zero-order valence-electron chi connectivity index (χ0n) is 16.6. The predicted molar refractivity (Wildman–Crippen MR) is 113 cm³/mol. The van der Waals surface area contributed by atoms with Gasteiger partial charge in [-0.3, -0.25) is 14.8 Å². The van der Waals surface area contributed by atoms with Crippen molar-refractivity contribution in [1.82, 2.24) is 5.32 Å². The molecule has 0 bridgehead atoms. The molecule has 1 saturated heterocycles. The minimum absolute atomic E-state index is 0.0208. The molecule has 0 aromatic heterocycles. The van der Waals surface area contributed by atoms with E-state index in [1.165, 1.54) is 0 Å². The van der Waals surface area contributed by atoms with Crippen molar-refractivity contribution in [2.75, 3.05) is 18.0 Å². The van der Waals surface area contributed by atoms with Crippen molar-refractivity contribution in [3.8, 4) is 6.07 Å². The van der Waals surface area contributed by atoms with Crippen LogP contribution in [-0.2, 0) is 4.79 Å². The molecule has 1 aromatic rings. The number of carbonyl (C=O) groups is 1. The summed E-state index contributed by atoms with van der Waals surface area (Å²) in [5.74, 6) is 0.670. The summed E-state index contributed by atoms with van der Waals surface area (Å²) in [5.41, 5.74) is 8.54. The van der Waals surface area contributed by atoms with E-state index < -0.39 is 6.04 Å². The number of hydrogen-bond donors (Lipinski definition) is 2. The van der Waals surface area contributed by atoms with E-state index in [9.17, 15) is 10.1 Å². The van der Waals surface area contributed by atoms with Gasteiger partial charge in [0, 0.05) is 25.3 Å². The molecular formula is C21H28N6O. The van der Waals surface area contributed by atoms with Gasteiger partial charge in [-0.1, -0.05) is 6.92 Å². The third kappa shape index (κ3) is 4.23. The standard InChI is InChI=1S/C21H28N6O/c1-4-25-19-15(10-22)7-8-17(20(19)24-3)27-11-13(2)9-16(12-27)26-21(28)18(23)14-5-6-14/h4,7-8,13-14,16,18H,3,5-6,9,11-12,23H2,1-2H3,(H,26,28)/t13-,16+,18?/m0/s1. The van der Waals surface area contributed by atoms with Gasteiger partial charge in [-0.25, -0.2) is 0 Å². The second-order valence-electron chi connectivity index (χ2n) is 7.80. The average molecular weight is 380 g/mol. The van der Waals surface area contributed by atoms with Crippen molar-refractivity contribution in [1.29, 1.82) is 5.26 Å². The molecule has 1 heterocycles. The number of carbonyl (C=O) groups excluding carboxylic acids is 1. The number of nitrogens with zero attached hydrogens (tertiary/aromatic N) is 4. The van der Waals surface area contributed by atoms with Gasteiger partial charge in [0.1, 0.15) is 17.4 Å². The molecule has 1 aromatic carbocycles. The fraction of sp³-hybridized carbons (Fsp3) is 0.524. The summed E-state index contributed by atoms with van der Waals surface area (Å²) >= 11 is 0. The maximum atomic E-state index is 12.5. The fourth-order valence-electron chi connectivity index (χ4n) is 3.95. The molecule has 2 aliphatic rings. The first-order chi connectivity index (χ1) is 13.5. The first-order valence-electron chi connectivity index (χ1n) is 9.81. The van der Waals surface area contributed by atoms with Crippen molar-refractivity contribution >= 4 is 35.9 Å². The van der Waals surface area contributed by atoms with Crippen molar-refractivity contribution in [3.63, 3.8) is 0 Å². The second-order valence-corrected chi connectivity index (χ2v) is 7.80. The van der Waals surface area contributed by atoms with Crippen LogP contribution < -0.4 is 16.0 Å². The molecule has 1 amide bonds. The minimum atomic E-state index is -0.406. The Morgan fingerprint density at radius 3 is 2.79 bits per heavy atom. The Kier molecular flexibility index (Phi) is 6.10. The fourth-order valence-corrected chi connectivity index (χ4v) is 3.95. The Morgan fingerprint density at radius 1 is 1.43 bits per heavy atom. The zero-order valence-corrected chi connectivity index (χ0v) is 16.6. The molecule has 1 aliphatic carbocycles. The molecular weight excluding hydrogens is 352 g/mol. The maximum absolute atomic E-state index is 12.5. The normalized spacial score (nSPS) is 23.3. The van der Waals surface area contributed by atoms with Crippen molar-refractivity contribution in [3.05, 3.63) is 17.7 Å². The minimum Gasteiger partial charge on any atom is -0.367 e. The smallest absolute Gasteiger partial charge is 0.237 e. The number of nitrogens with two attached hydrogens (primary N) is 1. The lowest BCUT2D eigenvalue weighted by Crippen LogP contribution is -2.54. The van der Waals surface area contributed by atoms with Gasteiger partial charge in [-0.15, -0.1) is 0 Å². The second kappa shape index (κ2) is 8.53. The molecule has 2 fully saturated rings. The number of rotatable bonds is 6. The van der Waals surface area contributed by atoms with Crippen molar-refractivity contribution in [2.24, 2.45) is 27.6 Å². The number of benzene rings is 1. The van der Waals surface area contributed by atoms with Gasteiger partial charge < -0.3 is 16.0 Å². The molecule has 7 heteroatoms. The van der Waals surface area contributed by atoms with Crippen LogP contribution in [0.25, 0.3) is 0 Å². The van der Waals surface area contributed by atoms with Gasteiger partial charge in [0.05, 0.1) is 17.3 Å². The van der Waals surface area contributed by atoms with Gasteiger partial charge in [0.25, 0.3) is 0 Å². The molecule has 0 spiro atoms. The van der Waals surface area contributed by atoms with Crippen LogP contribution >= 0.6 is 0 Å². The first kappa shape index (κ1) is 20.0. The van der Waals surface area contributed by atoms with Crippen LogP contribution in [0.15, 0.2) is 22.1 Å². The molecule has 1 saturated carbocycles. The third-order valence-electron chi connectivity index (χ3n) is 5.45. The number of hydrogen-bond acceptors (Lipinski definition) is 6. The van der Waals surface area contributed by atoms with Crippen LogP contribution in [0.4, 0.5) is 17.1 Å². The zero-order chi connectivity index (χ0) is 20.3. The lowest BCUT2D eigenvalue weighted by Gasteiger charge is -2.39. The largest absolute Gasteiger partial charge is 0.367 e. The Balaban J connectivity index is 1.84. The first-order valence-corrected chi connectivity index (χ1v) is 9.81. The van der Waals surface area contributed by atoms with E-state index >= 15 is 0 Å². The highest BCUT2D eigenvalue weighted by Crippen LogP contribution is 2.41. The summed E-state index contributed by atoms with van der Waals surface area (Å²) in [7, 11) is 0. The SMILES string of the molecule is C=Nc1c(N2C[C@@H](C)C[C@@H](NC(=O)C(N)C3CC3)C2)ccc(C#N)c1N=CC. The number of piperidine rings is 1. The number of nitriles is 1. The van der Waals surface area contributed by atoms with Gasteiger partial charge in [-0.2, -0.15) is 5.26 Å². The Hall–Kier alpha value is -2.72. The van der Waals surface area contributed by atoms with E-state index in [0.717, 1.165) is 31.5 Å². The van der Waals surface area contributed by atoms with Gasteiger partial charge in [0.15, 0.2) is 0 Å². The molecule has 7 nitrogen and oxygen atoms in total. The van der Waals surface area contributed by atoms with Crippen LogP contribution in [0.3, 0.4) is 0 Å².